The minimum absolute atomic E-state index is 0.535. The molecule has 2 aliphatic heterocycles. The average molecular weight is 274 g/mol. The summed E-state index contributed by atoms with van der Waals surface area (Å²) in [6.45, 7) is 9.90. The molecule has 1 N–H and O–H groups in total. The van der Waals surface area contributed by atoms with Gasteiger partial charge in [-0.2, -0.15) is 0 Å². The maximum Gasteiger partial charge on any atom is 0.124 e. The maximum atomic E-state index is 5.96. The summed E-state index contributed by atoms with van der Waals surface area (Å²) >= 11 is 0. The highest BCUT2D eigenvalue weighted by Crippen LogP contribution is 2.37. The minimum Gasteiger partial charge on any atom is -0.493 e. The number of benzene rings is 1. The van der Waals surface area contributed by atoms with Gasteiger partial charge in [-0.3, -0.25) is 4.90 Å². The summed E-state index contributed by atoms with van der Waals surface area (Å²) in [4.78, 5) is 2.63. The Bertz CT molecular complexity index is 452. The lowest BCUT2D eigenvalue weighted by Crippen LogP contribution is -2.45. The Hall–Kier alpha value is -1.06. The van der Waals surface area contributed by atoms with Gasteiger partial charge >= 0.3 is 0 Å². The molecule has 110 valence electrons. The fourth-order valence-corrected chi connectivity index (χ4v) is 3.31. The smallest absolute Gasteiger partial charge is 0.124 e. The van der Waals surface area contributed by atoms with Gasteiger partial charge < -0.3 is 10.1 Å². The van der Waals surface area contributed by atoms with Crippen molar-refractivity contribution in [2.24, 2.45) is 0 Å². The van der Waals surface area contributed by atoms with Gasteiger partial charge in [0, 0.05) is 37.8 Å². The summed E-state index contributed by atoms with van der Waals surface area (Å²) in [6, 6.07) is 7.33. The van der Waals surface area contributed by atoms with Crippen LogP contribution in [0.25, 0.3) is 0 Å². The Morgan fingerprint density at radius 1 is 1.25 bits per heavy atom. The predicted octanol–water partition coefficient (Wildman–Crippen LogP) is 2.93. The number of rotatable bonds is 2. The first-order valence-corrected chi connectivity index (χ1v) is 7.97. The van der Waals surface area contributed by atoms with E-state index in [1.165, 1.54) is 17.5 Å². The van der Waals surface area contributed by atoms with Crippen LogP contribution >= 0.6 is 0 Å². The molecule has 0 radical (unpaired) electrons. The zero-order valence-electron chi connectivity index (χ0n) is 12.7. The maximum absolute atomic E-state index is 5.96. The van der Waals surface area contributed by atoms with Gasteiger partial charge in [-0.05, 0) is 30.4 Å². The molecule has 0 aliphatic carbocycles. The van der Waals surface area contributed by atoms with Crippen molar-refractivity contribution in [2.45, 2.75) is 38.6 Å². The fourth-order valence-electron chi connectivity index (χ4n) is 3.31. The number of fused-ring (bicyclic) bond motifs is 1. The van der Waals surface area contributed by atoms with E-state index in [1.54, 1.807) is 0 Å². The molecule has 3 rings (SSSR count). The van der Waals surface area contributed by atoms with E-state index in [1.807, 2.05) is 0 Å². The predicted molar refractivity (Wildman–Crippen MR) is 82.4 cm³/mol. The quantitative estimate of drug-likeness (QED) is 0.897. The monoisotopic (exact) mass is 274 g/mol. The molecule has 1 aromatic rings. The van der Waals surface area contributed by atoms with E-state index in [2.05, 4.69) is 42.3 Å². The zero-order valence-corrected chi connectivity index (χ0v) is 12.7. The highest BCUT2D eigenvalue weighted by atomic mass is 16.5. The molecule has 1 unspecified atom stereocenters. The summed E-state index contributed by atoms with van der Waals surface area (Å²) in [5, 5.41) is 3.45. The van der Waals surface area contributed by atoms with Gasteiger partial charge in [0.1, 0.15) is 5.75 Å². The molecule has 0 amide bonds. The van der Waals surface area contributed by atoms with Crippen LogP contribution in [0.4, 0.5) is 0 Å². The molecular weight excluding hydrogens is 248 g/mol. The van der Waals surface area contributed by atoms with Crippen LogP contribution in [0.1, 0.15) is 49.8 Å². The van der Waals surface area contributed by atoms with Gasteiger partial charge in [-0.15, -0.1) is 0 Å². The van der Waals surface area contributed by atoms with Crippen molar-refractivity contribution in [2.75, 3.05) is 32.8 Å². The molecule has 1 fully saturated rings. The van der Waals surface area contributed by atoms with Crippen molar-refractivity contribution in [1.82, 2.24) is 10.2 Å². The molecule has 3 heteroatoms. The Morgan fingerprint density at radius 2 is 2.05 bits per heavy atom. The number of nitrogens with one attached hydrogen (secondary N) is 1. The van der Waals surface area contributed by atoms with Gasteiger partial charge in [-0.1, -0.05) is 26.0 Å². The second-order valence-corrected chi connectivity index (χ2v) is 6.24. The molecule has 0 bridgehead atoms. The summed E-state index contributed by atoms with van der Waals surface area (Å²) < 4.78 is 5.96. The van der Waals surface area contributed by atoms with Crippen LogP contribution in [0.3, 0.4) is 0 Å². The first-order valence-electron chi connectivity index (χ1n) is 7.97. The first kappa shape index (κ1) is 13.9. The highest BCUT2D eigenvalue weighted by Gasteiger charge is 2.27. The molecule has 1 saturated heterocycles. The van der Waals surface area contributed by atoms with Crippen LogP contribution in [0.2, 0.25) is 0 Å². The summed E-state index contributed by atoms with van der Waals surface area (Å²) in [5.74, 6) is 1.68. The molecule has 2 aliphatic rings. The topological polar surface area (TPSA) is 24.5 Å². The first-order chi connectivity index (χ1) is 9.75. The largest absolute Gasteiger partial charge is 0.493 e. The molecule has 1 aromatic carbocycles. The lowest BCUT2D eigenvalue weighted by Gasteiger charge is -2.35. The summed E-state index contributed by atoms with van der Waals surface area (Å²) in [7, 11) is 0. The lowest BCUT2D eigenvalue weighted by molar-refractivity contribution is 0.165. The number of piperazine rings is 1. The standard InChI is InChI=1S/C17H26N2O/c1-13(2)14-5-6-17-15(12-14)16(4-3-11-20-17)19-9-7-18-8-10-19/h5-6,12-13,16,18H,3-4,7-11H2,1-2H3. The van der Waals surface area contributed by atoms with Crippen LogP contribution in [0, 0.1) is 0 Å². The molecule has 20 heavy (non-hydrogen) atoms. The number of ether oxygens (including phenoxy) is 1. The molecule has 0 aromatic heterocycles. The fraction of sp³-hybridized carbons (Fsp3) is 0.647. The Kier molecular flexibility index (Phi) is 4.27. The molecule has 3 nitrogen and oxygen atoms in total. The third kappa shape index (κ3) is 2.84. The molecule has 0 saturated carbocycles. The van der Waals surface area contributed by atoms with E-state index in [9.17, 15) is 0 Å². The second-order valence-electron chi connectivity index (χ2n) is 6.24. The van der Waals surface area contributed by atoms with Gasteiger partial charge in [-0.25, -0.2) is 0 Å². The Morgan fingerprint density at radius 3 is 2.80 bits per heavy atom. The minimum atomic E-state index is 0.535. The Labute approximate surface area is 122 Å². The summed E-state index contributed by atoms with van der Waals surface area (Å²) in [6.07, 6.45) is 2.37. The highest BCUT2D eigenvalue weighted by molar-refractivity contribution is 5.41. The van der Waals surface area contributed by atoms with Crippen LogP contribution in [0.15, 0.2) is 18.2 Å². The van der Waals surface area contributed by atoms with Gasteiger partial charge in [0.05, 0.1) is 6.61 Å². The van der Waals surface area contributed by atoms with Crippen molar-refractivity contribution in [3.8, 4) is 5.75 Å². The number of hydrogen-bond acceptors (Lipinski definition) is 3. The number of nitrogens with zero attached hydrogens (tertiary/aromatic N) is 1. The summed E-state index contributed by atoms with van der Waals surface area (Å²) in [5.41, 5.74) is 2.84. The third-order valence-corrected chi connectivity index (χ3v) is 4.53. The van der Waals surface area contributed by atoms with Crippen LogP contribution < -0.4 is 10.1 Å². The van der Waals surface area contributed by atoms with Gasteiger partial charge in [0.2, 0.25) is 0 Å². The zero-order chi connectivity index (χ0) is 13.9. The third-order valence-electron chi connectivity index (χ3n) is 4.53. The number of hydrogen-bond donors (Lipinski definition) is 1. The van der Waals surface area contributed by atoms with Crippen LogP contribution in [-0.4, -0.2) is 37.7 Å². The van der Waals surface area contributed by atoms with Crippen LogP contribution in [-0.2, 0) is 0 Å². The molecule has 2 heterocycles. The lowest BCUT2D eigenvalue weighted by atomic mass is 9.94. The van der Waals surface area contributed by atoms with Crippen LogP contribution in [0.5, 0.6) is 5.75 Å². The second kappa shape index (κ2) is 6.15. The van der Waals surface area contributed by atoms with Crippen molar-refractivity contribution < 1.29 is 4.74 Å². The SMILES string of the molecule is CC(C)c1ccc2c(c1)C(N1CCNCC1)CCCO2. The average Bonchev–Trinajstić information content (AvgIpc) is 2.69. The van der Waals surface area contributed by atoms with Crippen molar-refractivity contribution in [3.05, 3.63) is 29.3 Å². The molecule has 1 atom stereocenters. The van der Waals surface area contributed by atoms with Gasteiger partial charge in [0.25, 0.3) is 0 Å². The molecular formula is C17H26N2O. The van der Waals surface area contributed by atoms with Gasteiger partial charge in [0.15, 0.2) is 0 Å². The van der Waals surface area contributed by atoms with Crippen molar-refractivity contribution >= 4 is 0 Å². The van der Waals surface area contributed by atoms with E-state index in [4.69, 9.17) is 4.74 Å². The molecule has 0 spiro atoms. The van der Waals surface area contributed by atoms with E-state index < -0.39 is 0 Å². The van der Waals surface area contributed by atoms with E-state index in [0.29, 0.717) is 12.0 Å². The van der Waals surface area contributed by atoms with Crippen molar-refractivity contribution in [1.29, 1.82) is 0 Å². The normalized spacial score (nSPS) is 24.1. The van der Waals surface area contributed by atoms with E-state index in [0.717, 1.165) is 45.0 Å². The van der Waals surface area contributed by atoms with Crippen molar-refractivity contribution in [3.63, 3.8) is 0 Å². The van der Waals surface area contributed by atoms with E-state index in [-0.39, 0.29) is 0 Å². The Balaban J connectivity index is 1.93. The van der Waals surface area contributed by atoms with E-state index >= 15 is 0 Å².